The van der Waals surface area contributed by atoms with E-state index in [1.165, 1.54) is 22.4 Å². The highest BCUT2D eigenvalue weighted by molar-refractivity contribution is 6.35. The molecule has 0 bridgehead atoms. The Morgan fingerprint density at radius 3 is 1.86 bits per heavy atom. The minimum Gasteiger partial charge on any atom is -0.383 e. The molecule has 0 fully saturated rings. The maximum Gasteiger partial charge on any atom is 0.0441 e. The van der Waals surface area contributed by atoms with Crippen molar-refractivity contribution in [2.24, 2.45) is 0 Å². The SMILES string of the molecule is Cc1cc(C)c(NCCNc2cc(Cl)cc(Cl)c2)c(C)c1. The van der Waals surface area contributed by atoms with Gasteiger partial charge in [-0.1, -0.05) is 40.9 Å². The zero-order valence-corrected chi connectivity index (χ0v) is 14.1. The average Bonchev–Trinajstić information content (AvgIpc) is 2.35. The van der Waals surface area contributed by atoms with Crippen LogP contribution in [0.15, 0.2) is 30.3 Å². The van der Waals surface area contributed by atoms with Gasteiger partial charge in [0.25, 0.3) is 0 Å². The monoisotopic (exact) mass is 322 g/mol. The second kappa shape index (κ2) is 7.06. The molecule has 0 saturated carbocycles. The quantitative estimate of drug-likeness (QED) is 0.716. The summed E-state index contributed by atoms with van der Waals surface area (Å²) in [5.41, 5.74) is 6.00. The minimum absolute atomic E-state index is 0.642. The molecule has 0 heterocycles. The molecule has 0 aliphatic rings. The van der Waals surface area contributed by atoms with E-state index >= 15 is 0 Å². The van der Waals surface area contributed by atoms with Crippen LogP contribution in [0.5, 0.6) is 0 Å². The molecule has 2 rings (SSSR count). The molecule has 0 unspecified atom stereocenters. The van der Waals surface area contributed by atoms with Crippen molar-refractivity contribution in [2.45, 2.75) is 20.8 Å². The van der Waals surface area contributed by atoms with E-state index in [0.29, 0.717) is 10.0 Å². The largest absolute Gasteiger partial charge is 0.383 e. The van der Waals surface area contributed by atoms with Crippen LogP contribution in [0.3, 0.4) is 0 Å². The highest BCUT2D eigenvalue weighted by Crippen LogP contribution is 2.23. The number of aryl methyl sites for hydroxylation is 3. The molecule has 0 amide bonds. The van der Waals surface area contributed by atoms with Crippen molar-refractivity contribution in [2.75, 3.05) is 23.7 Å². The van der Waals surface area contributed by atoms with Crippen molar-refractivity contribution >= 4 is 34.6 Å². The van der Waals surface area contributed by atoms with E-state index in [1.807, 2.05) is 12.1 Å². The van der Waals surface area contributed by atoms with E-state index in [-0.39, 0.29) is 0 Å². The van der Waals surface area contributed by atoms with E-state index in [9.17, 15) is 0 Å². The van der Waals surface area contributed by atoms with Crippen LogP contribution in [0.1, 0.15) is 16.7 Å². The molecule has 0 atom stereocenters. The third-order valence-electron chi connectivity index (χ3n) is 3.30. The van der Waals surface area contributed by atoms with Gasteiger partial charge in [0.15, 0.2) is 0 Å². The smallest absolute Gasteiger partial charge is 0.0441 e. The first-order valence-electron chi connectivity index (χ1n) is 6.97. The van der Waals surface area contributed by atoms with Crippen LogP contribution in [0.2, 0.25) is 10.0 Å². The standard InChI is InChI=1S/C17H20Cl2N2/c1-11-6-12(2)17(13(3)7-11)21-5-4-20-16-9-14(18)8-15(19)10-16/h6-10,20-21H,4-5H2,1-3H3. The first kappa shape index (κ1) is 16.0. The van der Waals surface area contributed by atoms with E-state index in [4.69, 9.17) is 23.2 Å². The number of hydrogen-bond acceptors (Lipinski definition) is 2. The Labute approximate surface area is 136 Å². The summed E-state index contributed by atoms with van der Waals surface area (Å²) in [6, 6.07) is 9.86. The maximum absolute atomic E-state index is 5.98. The van der Waals surface area contributed by atoms with Crippen LogP contribution < -0.4 is 10.6 Å². The molecule has 0 radical (unpaired) electrons. The second-order valence-corrected chi connectivity index (χ2v) is 6.16. The van der Waals surface area contributed by atoms with Crippen LogP contribution in [0, 0.1) is 20.8 Å². The molecule has 0 saturated heterocycles. The van der Waals surface area contributed by atoms with E-state index < -0.39 is 0 Å². The van der Waals surface area contributed by atoms with Gasteiger partial charge in [-0.15, -0.1) is 0 Å². The molecule has 2 N–H and O–H groups in total. The summed E-state index contributed by atoms with van der Waals surface area (Å²) >= 11 is 12.0. The Bertz CT molecular complexity index is 595. The van der Waals surface area contributed by atoms with Gasteiger partial charge < -0.3 is 10.6 Å². The summed E-state index contributed by atoms with van der Waals surface area (Å²) in [7, 11) is 0. The lowest BCUT2D eigenvalue weighted by Crippen LogP contribution is -2.15. The Balaban J connectivity index is 1.90. The van der Waals surface area contributed by atoms with E-state index in [2.05, 4.69) is 43.5 Å². The van der Waals surface area contributed by atoms with Gasteiger partial charge in [-0.05, 0) is 50.1 Å². The van der Waals surface area contributed by atoms with Gasteiger partial charge in [0, 0.05) is 34.5 Å². The number of halogens is 2. The van der Waals surface area contributed by atoms with Gasteiger partial charge in [-0.3, -0.25) is 0 Å². The maximum atomic E-state index is 5.98. The number of rotatable bonds is 5. The normalized spacial score (nSPS) is 10.5. The van der Waals surface area contributed by atoms with Crippen LogP contribution in [0.25, 0.3) is 0 Å². The molecule has 112 valence electrons. The number of benzene rings is 2. The lowest BCUT2D eigenvalue weighted by molar-refractivity contribution is 1.07. The lowest BCUT2D eigenvalue weighted by Gasteiger charge is -2.14. The average molecular weight is 323 g/mol. The van der Waals surface area contributed by atoms with Crippen LogP contribution >= 0.6 is 23.2 Å². The number of hydrogen-bond donors (Lipinski definition) is 2. The van der Waals surface area contributed by atoms with Crippen molar-refractivity contribution in [1.29, 1.82) is 0 Å². The first-order chi connectivity index (χ1) is 9.95. The summed E-state index contributed by atoms with van der Waals surface area (Å²) in [6.45, 7) is 8.01. The fourth-order valence-corrected chi connectivity index (χ4v) is 3.04. The zero-order chi connectivity index (χ0) is 15.4. The molecule has 2 aromatic carbocycles. The lowest BCUT2D eigenvalue weighted by atomic mass is 10.1. The molecule has 0 aliphatic heterocycles. The third-order valence-corrected chi connectivity index (χ3v) is 3.73. The number of nitrogens with one attached hydrogen (secondary N) is 2. The second-order valence-electron chi connectivity index (χ2n) is 5.29. The Morgan fingerprint density at radius 1 is 0.762 bits per heavy atom. The fourth-order valence-electron chi connectivity index (χ4n) is 2.51. The highest BCUT2D eigenvalue weighted by Gasteiger charge is 2.03. The zero-order valence-electron chi connectivity index (χ0n) is 12.6. The topological polar surface area (TPSA) is 24.1 Å². The van der Waals surface area contributed by atoms with Gasteiger partial charge in [-0.2, -0.15) is 0 Å². The predicted octanol–water partition coefficient (Wildman–Crippen LogP) is 5.44. The van der Waals surface area contributed by atoms with Gasteiger partial charge in [0.1, 0.15) is 0 Å². The summed E-state index contributed by atoms with van der Waals surface area (Å²) in [5, 5.41) is 8.08. The molecule has 2 nitrogen and oxygen atoms in total. The summed E-state index contributed by atoms with van der Waals surface area (Å²) < 4.78 is 0. The third kappa shape index (κ3) is 4.55. The summed E-state index contributed by atoms with van der Waals surface area (Å²) in [5.74, 6) is 0. The molecule has 4 heteroatoms. The van der Waals surface area contributed by atoms with Crippen LogP contribution in [0.4, 0.5) is 11.4 Å². The molecule has 0 spiro atoms. The predicted molar refractivity (Wildman–Crippen MR) is 94.1 cm³/mol. The van der Waals surface area contributed by atoms with E-state index in [0.717, 1.165) is 18.8 Å². The van der Waals surface area contributed by atoms with Crippen molar-refractivity contribution in [3.8, 4) is 0 Å². The molecule has 0 aromatic heterocycles. The fraction of sp³-hybridized carbons (Fsp3) is 0.294. The Kier molecular flexibility index (Phi) is 5.38. The molecular formula is C17H20Cl2N2. The van der Waals surface area contributed by atoms with Crippen molar-refractivity contribution in [3.63, 3.8) is 0 Å². The first-order valence-corrected chi connectivity index (χ1v) is 7.73. The summed E-state index contributed by atoms with van der Waals surface area (Å²) in [4.78, 5) is 0. The van der Waals surface area contributed by atoms with Crippen molar-refractivity contribution in [1.82, 2.24) is 0 Å². The Hall–Kier alpha value is -1.38. The van der Waals surface area contributed by atoms with Gasteiger partial charge >= 0.3 is 0 Å². The van der Waals surface area contributed by atoms with Gasteiger partial charge in [-0.25, -0.2) is 0 Å². The molecule has 0 aliphatic carbocycles. The van der Waals surface area contributed by atoms with Crippen LogP contribution in [-0.4, -0.2) is 13.1 Å². The van der Waals surface area contributed by atoms with Crippen molar-refractivity contribution in [3.05, 3.63) is 57.1 Å². The van der Waals surface area contributed by atoms with Crippen LogP contribution in [-0.2, 0) is 0 Å². The minimum atomic E-state index is 0.642. The Morgan fingerprint density at radius 2 is 1.29 bits per heavy atom. The molecular weight excluding hydrogens is 303 g/mol. The summed E-state index contributed by atoms with van der Waals surface area (Å²) in [6.07, 6.45) is 0. The molecule has 2 aromatic rings. The number of anilines is 2. The van der Waals surface area contributed by atoms with E-state index in [1.54, 1.807) is 6.07 Å². The van der Waals surface area contributed by atoms with Gasteiger partial charge in [0.2, 0.25) is 0 Å². The molecule has 21 heavy (non-hydrogen) atoms. The van der Waals surface area contributed by atoms with Gasteiger partial charge in [0.05, 0.1) is 0 Å². The van der Waals surface area contributed by atoms with Crippen molar-refractivity contribution < 1.29 is 0 Å². The highest BCUT2D eigenvalue weighted by atomic mass is 35.5.